The van der Waals surface area contributed by atoms with Gasteiger partial charge in [-0.25, -0.2) is 0 Å². The molecule has 24 heavy (non-hydrogen) atoms. The third-order valence-corrected chi connectivity index (χ3v) is 3.38. The van der Waals surface area contributed by atoms with Crippen molar-refractivity contribution in [2.24, 2.45) is 0 Å². The molecule has 0 aromatic heterocycles. The number of hydrogen-bond acceptors (Lipinski definition) is 4. The van der Waals surface area contributed by atoms with E-state index in [4.69, 9.17) is 5.26 Å². The molecule has 0 saturated heterocycles. The van der Waals surface area contributed by atoms with Crippen LogP contribution in [-0.4, -0.2) is 29.5 Å². The number of rotatable bonds is 6. The van der Waals surface area contributed by atoms with Gasteiger partial charge in [-0.15, -0.1) is 0 Å². The topological polar surface area (TPSA) is 102 Å². The summed E-state index contributed by atoms with van der Waals surface area (Å²) in [5.41, 5.74) is 1.22. The Morgan fingerprint density at radius 2 is 1.75 bits per heavy atom. The first-order valence-corrected chi connectivity index (χ1v) is 7.38. The van der Waals surface area contributed by atoms with E-state index < -0.39 is 11.9 Å². The van der Waals surface area contributed by atoms with Crippen molar-refractivity contribution in [3.8, 4) is 11.8 Å². The summed E-state index contributed by atoms with van der Waals surface area (Å²) in [7, 11) is 0. The van der Waals surface area contributed by atoms with Gasteiger partial charge in [-0.05, 0) is 29.8 Å². The van der Waals surface area contributed by atoms with Crippen molar-refractivity contribution in [3.05, 3.63) is 65.7 Å². The lowest BCUT2D eigenvalue weighted by Crippen LogP contribution is -2.48. The van der Waals surface area contributed by atoms with Crippen LogP contribution in [0.15, 0.2) is 54.6 Å². The molecule has 6 heteroatoms. The Morgan fingerprint density at radius 1 is 1.08 bits per heavy atom. The van der Waals surface area contributed by atoms with E-state index in [9.17, 15) is 14.7 Å². The molecule has 0 aliphatic rings. The van der Waals surface area contributed by atoms with Crippen LogP contribution in [0.1, 0.15) is 15.9 Å². The van der Waals surface area contributed by atoms with Gasteiger partial charge in [0.2, 0.25) is 5.91 Å². The van der Waals surface area contributed by atoms with Gasteiger partial charge in [0.05, 0.1) is 6.07 Å². The lowest BCUT2D eigenvalue weighted by molar-refractivity contribution is -0.122. The molecule has 122 valence electrons. The number of carbonyl (C=O) groups is 2. The molecule has 0 saturated carbocycles. The van der Waals surface area contributed by atoms with E-state index in [1.807, 2.05) is 6.07 Å². The van der Waals surface area contributed by atoms with E-state index in [2.05, 4.69) is 10.6 Å². The molecule has 6 nitrogen and oxygen atoms in total. The van der Waals surface area contributed by atoms with E-state index in [0.29, 0.717) is 5.56 Å². The first-order chi connectivity index (χ1) is 11.6. The van der Waals surface area contributed by atoms with Gasteiger partial charge in [-0.2, -0.15) is 5.26 Å². The molecular formula is C18H17N3O3. The Balaban J connectivity index is 2.13. The molecule has 2 amide bonds. The summed E-state index contributed by atoms with van der Waals surface area (Å²) >= 11 is 0. The molecule has 0 radical (unpaired) electrons. The lowest BCUT2D eigenvalue weighted by Gasteiger charge is -2.18. The van der Waals surface area contributed by atoms with Crippen LogP contribution in [0, 0.1) is 11.3 Å². The number of nitrogens with zero attached hydrogens (tertiary/aromatic N) is 1. The van der Waals surface area contributed by atoms with Crippen LogP contribution < -0.4 is 10.6 Å². The fraction of sp³-hybridized carbons (Fsp3) is 0.167. The minimum Gasteiger partial charge on any atom is -0.508 e. The molecule has 2 rings (SSSR count). The number of benzene rings is 2. The Bertz CT molecular complexity index is 736. The number of phenols is 1. The average molecular weight is 323 g/mol. The molecular weight excluding hydrogens is 306 g/mol. The summed E-state index contributed by atoms with van der Waals surface area (Å²) in [5, 5.41) is 23.1. The summed E-state index contributed by atoms with van der Waals surface area (Å²) in [4.78, 5) is 24.5. The van der Waals surface area contributed by atoms with Crippen LogP contribution >= 0.6 is 0 Å². The monoisotopic (exact) mass is 323 g/mol. The number of nitriles is 1. The highest BCUT2D eigenvalue weighted by Gasteiger charge is 2.21. The Morgan fingerprint density at radius 3 is 2.38 bits per heavy atom. The van der Waals surface area contributed by atoms with Crippen molar-refractivity contribution in [1.82, 2.24) is 10.6 Å². The summed E-state index contributed by atoms with van der Waals surface area (Å²) in [6, 6.07) is 16.0. The smallest absolute Gasteiger partial charge is 0.251 e. The minimum absolute atomic E-state index is 0.123. The van der Waals surface area contributed by atoms with Crippen LogP contribution in [0.2, 0.25) is 0 Å². The quantitative estimate of drug-likeness (QED) is 0.699. The lowest BCUT2D eigenvalue weighted by atomic mass is 10.0. The normalized spacial score (nSPS) is 11.1. The molecule has 0 aliphatic heterocycles. The van der Waals surface area contributed by atoms with Crippen LogP contribution in [0.5, 0.6) is 5.75 Å². The third kappa shape index (κ3) is 4.85. The number of aromatic hydroxyl groups is 1. The molecule has 0 fully saturated rings. The van der Waals surface area contributed by atoms with Gasteiger partial charge in [0.15, 0.2) is 0 Å². The fourth-order valence-corrected chi connectivity index (χ4v) is 2.16. The van der Waals surface area contributed by atoms with E-state index in [1.54, 1.807) is 42.5 Å². The molecule has 1 unspecified atom stereocenters. The van der Waals surface area contributed by atoms with Gasteiger partial charge in [-0.3, -0.25) is 9.59 Å². The summed E-state index contributed by atoms with van der Waals surface area (Å²) < 4.78 is 0. The van der Waals surface area contributed by atoms with Crippen molar-refractivity contribution < 1.29 is 14.7 Å². The summed E-state index contributed by atoms with van der Waals surface area (Å²) in [5.74, 6) is -0.682. The maximum atomic E-state index is 12.3. The predicted octanol–water partition coefficient (Wildman–Crippen LogP) is 1.37. The van der Waals surface area contributed by atoms with Crippen LogP contribution in [-0.2, 0) is 11.2 Å². The zero-order valence-corrected chi connectivity index (χ0v) is 12.9. The van der Waals surface area contributed by atoms with Gasteiger partial charge >= 0.3 is 0 Å². The second-order valence-electron chi connectivity index (χ2n) is 5.14. The molecule has 1 atom stereocenters. The predicted molar refractivity (Wildman–Crippen MR) is 88.1 cm³/mol. The molecule has 2 aromatic rings. The zero-order chi connectivity index (χ0) is 17.4. The fourth-order valence-electron chi connectivity index (χ4n) is 2.16. The third-order valence-electron chi connectivity index (χ3n) is 3.38. The number of hydrogen-bond donors (Lipinski definition) is 3. The van der Waals surface area contributed by atoms with E-state index in [1.165, 1.54) is 12.1 Å². The highest BCUT2D eigenvalue weighted by Crippen LogP contribution is 2.12. The number of carbonyl (C=O) groups excluding carboxylic acids is 2. The number of nitrogens with one attached hydrogen (secondary N) is 2. The van der Waals surface area contributed by atoms with E-state index >= 15 is 0 Å². The number of amides is 2. The van der Waals surface area contributed by atoms with Crippen LogP contribution in [0.25, 0.3) is 0 Å². The Kier molecular flexibility index (Phi) is 5.92. The van der Waals surface area contributed by atoms with Crippen molar-refractivity contribution in [2.75, 3.05) is 6.54 Å². The van der Waals surface area contributed by atoms with Gasteiger partial charge in [0.1, 0.15) is 18.3 Å². The average Bonchev–Trinajstić information content (AvgIpc) is 2.61. The van der Waals surface area contributed by atoms with Crippen molar-refractivity contribution >= 4 is 11.8 Å². The van der Waals surface area contributed by atoms with Crippen molar-refractivity contribution in [3.63, 3.8) is 0 Å². The second kappa shape index (κ2) is 8.34. The van der Waals surface area contributed by atoms with Gasteiger partial charge < -0.3 is 15.7 Å². The number of phenolic OH excluding ortho intramolecular Hbond substituents is 1. The first-order valence-electron chi connectivity index (χ1n) is 7.38. The maximum Gasteiger partial charge on any atom is 0.251 e. The molecule has 0 aliphatic carbocycles. The summed E-state index contributed by atoms with van der Waals surface area (Å²) in [6.45, 7) is -0.133. The van der Waals surface area contributed by atoms with Gasteiger partial charge in [-0.1, -0.05) is 30.3 Å². The highest BCUT2D eigenvalue weighted by atomic mass is 16.3. The molecule has 3 N–H and O–H groups in total. The van der Waals surface area contributed by atoms with Crippen LogP contribution in [0.4, 0.5) is 0 Å². The maximum absolute atomic E-state index is 12.3. The van der Waals surface area contributed by atoms with E-state index in [-0.39, 0.29) is 24.6 Å². The Hall–Kier alpha value is -3.33. The van der Waals surface area contributed by atoms with Gasteiger partial charge in [0, 0.05) is 12.0 Å². The Labute approximate surface area is 139 Å². The van der Waals surface area contributed by atoms with E-state index in [0.717, 1.165) is 5.56 Å². The highest BCUT2D eigenvalue weighted by molar-refractivity contribution is 5.97. The van der Waals surface area contributed by atoms with Crippen molar-refractivity contribution in [2.45, 2.75) is 12.5 Å². The molecule has 0 heterocycles. The molecule has 2 aromatic carbocycles. The van der Waals surface area contributed by atoms with Crippen LogP contribution in [0.3, 0.4) is 0 Å². The minimum atomic E-state index is -0.824. The molecule has 0 spiro atoms. The molecule has 0 bridgehead atoms. The SMILES string of the molecule is N#CCNC(=O)C(Cc1ccc(O)cc1)NC(=O)c1ccccc1. The van der Waals surface area contributed by atoms with Gasteiger partial charge in [0.25, 0.3) is 5.91 Å². The zero-order valence-electron chi connectivity index (χ0n) is 12.9. The largest absolute Gasteiger partial charge is 0.508 e. The van der Waals surface area contributed by atoms with Crippen molar-refractivity contribution in [1.29, 1.82) is 5.26 Å². The second-order valence-corrected chi connectivity index (χ2v) is 5.14. The first kappa shape index (κ1) is 17.0. The summed E-state index contributed by atoms with van der Waals surface area (Å²) in [6.07, 6.45) is 0.246. The standard InChI is InChI=1S/C18H17N3O3/c19-10-11-20-18(24)16(12-13-6-8-15(22)9-7-13)21-17(23)14-4-2-1-3-5-14/h1-9,16,22H,11-12H2,(H,20,24)(H,21,23).